The number of hydrogen-bond donors (Lipinski definition) is 1. The van der Waals surface area contributed by atoms with Crippen LogP contribution in [0.5, 0.6) is 0 Å². The van der Waals surface area contributed by atoms with Gasteiger partial charge >= 0.3 is 5.97 Å². The molecule has 0 aliphatic rings. The van der Waals surface area contributed by atoms with Crippen LogP contribution >= 0.6 is 0 Å². The number of ketones is 1. The number of amides is 1. The van der Waals surface area contributed by atoms with Crippen LogP contribution in [-0.2, 0) is 9.53 Å². The smallest absolute Gasteiger partial charge is 0.338 e. The van der Waals surface area contributed by atoms with Gasteiger partial charge in [-0.05, 0) is 37.6 Å². The van der Waals surface area contributed by atoms with E-state index in [0.717, 1.165) is 18.4 Å². The average molecular weight is 367 g/mol. The standard InChI is InChI=1S/C22H25NO4/c1-3-4-15-27-22(26)18-9-11-19(12-10-18)23-21(25)14-13-20(24)17-7-5-16(2)6-8-17/h5-12H,3-4,13-15H2,1-2H3,(H,23,25). The molecular formula is C22H25NO4. The first kappa shape index (κ1) is 20.4. The van der Waals surface area contributed by atoms with E-state index < -0.39 is 0 Å². The largest absolute Gasteiger partial charge is 0.462 e. The molecule has 0 saturated carbocycles. The van der Waals surface area contributed by atoms with Gasteiger partial charge in [-0.25, -0.2) is 4.79 Å². The minimum absolute atomic E-state index is 0.0599. The minimum Gasteiger partial charge on any atom is -0.462 e. The molecule has 2 aromatic rings. The molecule has 1 amide bonds. The van der Waals surface area contributed by atoms with Gasteiger partial charge < -0.3 is 10.1 Å². The Hall–Kier alpha value is -2.95. The number of benzene rings is 2. The SMILES string of the molecule is CCCCOC(=O)c1ccc(NC(=O)CCC(=O)c2ccc(C)cc2)cc1. The molecule has 5 nitrogen and oxygen atoms in total. The predicted molar refractivity (Wildman–Crippen MR) is 105 cm³/mol. The Labute approximate surface area is 159 Å². The Kier molecular flexibility index (Phi) is 7.74. The average Bonchev–Trinajstić information content (AvgIpc) is 2.67. The second-order valence-electron chi connectivity index (χ2n) is 6.40. The highest BCUT2D eigenvalue weighted by Crippen LogP contribution is 2.13. The Morgan fingerprint density at radius 3 is 2.15 bits per heavy atom. The van der Waals surface area contributed by atoms with E-state index in [1.165, 1.54) is 0 Å². The van der Waals surface area contributed by atoms with Crippen molar-refractivity contribution in [3.63, 3.8) is 0 Å². The fourth-order valence-electron chi connectivity index (χ4n) is 2.42. The third-order valence-corrected chi connectivity index (χ3v) is 4.09. The molecule has 5 heteroatoms. The normalized spacial score (nSPS) is 10.3. The van der Waals surface area contributed by atoms with E-state index in [2.05, 4.69) is 5.32 Å². The number of hydrogen-bond acceptors (Lipinski definition) is 4. The van der Waals surface area contributed by atoms with Gasteiger partial charge in [0.25, 0.3) is 0 Å². The van der Waals surface area contributed by atoms with Crippen LogP contribution in [0.2, 0.25) is 0 Å². The molecule has 0 aromatic heterocycles. The number of Topliss-reactive ketones (excluding diaryl/α,β-unsaturated/α-hetero) is 1. The summed E-state index contributed by atoms with van der Waals surface area (Å²) in [6.07, 6.45) is 2.05. The van der Waals surface area contributed by atoms with Crippen LogP contribution in [0.3, 0.4) is 0 Å². The van der Waals surface area contributed by atoms with Gasteiger partial charge in [0.05, 0.1) is 12.2 Å². The van der Waals surface area contributed by atoms with Crippen molar-refractivity contribution in [2.24, 2.45) is 0 Å². The molecule has 0 bridgehead atoms. The second-order valence-corrected chi connectivity index (χ2v) is 6.40. The molecule has 0 spiro atoms. The number of esters is 1. The molecule has 1 N–H and O–H groups in total. The number of aryl methyl sites for hydroxylation is 1. The maximum Gasteiger partial charge on any atom is 0.338 e. The van der Waals surface area contributed by atoms with Crippen LogP contribution in [0.25, 0.3) is 0 Å². The maximum absolute atomic E-state index is 12.1. The van der Waals surface area contributed by atoms with Crippen molar-refractivity contribution in [3.05, 3.63) is 65.2 Å². The van der Waals surface area contributed by atoms with E-state index in [9.17, 15) is 14.4 Å². The molecule has 27 heavy (non-hydrogen) atoms. The topological polar surface area (TPSA) is 72.5 Å². The highest BCUT2D eigenvalue weighted by molar-refractivity contribution is 6.00. The van der Waals surface area contributed by atoms with Crippen LogP contribution in [0.4, 0.5) is 5.69 Å². The first-order valence-corrected chi connectivity index (χ1v) is 9.16. The summed E-state index contributed by atoms with van der Waals surface area (Å²) in [5.41, 5.74) is 2.72. The van der Waals surface area contributed by atoms with Crippen molar-refractivity contribution in [3.8, 4) is 0 Å². The van der Waals surface area contributed by atoms with Gasteiger partial charge in [-0.2, -0.15) is 0 Å². The fourth-order valence-corrected chi connectivity index (χ4v) is 2.42. The number of nitrogens with one attached hydrogen (secondary N) is 1. The Morgan fingerprint density at radius 1 is 0.889 bits per heavy atom. The molecule has 2 rings (SSSR count). The number of rotatable bonds is 9. The predicted octanol–water partition coefficient (Wildman–Crippen LogP) is 4.55. The Bertz CT molecular complexity index is 779. The zero-order valence-electron chi connectivity index (χ0n) is 15.8. The molecule has 0 heterocycles. The molecular weight excluding hydrogens is 342 g/mol. The van der Waals surface area contributed by atoms with Crippen LogP contribution in [-0.4, -0.2) is 24.3 Å². The van der Waals surface area contributed by atoms with E-state index in [1.54, 1.807) is 36.4 Å². The van der Waals surface area contributed by atoms with Crippen molar-refractivity contribution in [1.82, 2.24) is 0 Å². The van der Waals surface area contributed by atoms with Crippen LogP contribution in [0.15, 0.2) is 48.5 Å². The summed E-state index contributed by atoms with van der Waals surface area (Å²) in [7, 11) is 0. The molecule has 0 fully saturated rings. The lowest BCUT2D eigenvalue weighted by Gasteiger charge is -2.07. The van der Waals surface area contributed by atoms with Crippen molar-refractivity contribution in [1.29, 1.82) is 0 Å². The van der Waals surface area contributed by atoms with Crippen molar-refractivity contribution >= 4 is 23.3 Å². The maximum atomic E-state index is 12.1. The number of ether oxygens (including phenoxy) is 1. The zero-order chi connectivity index (χ0) is 19.6. The van der Waals surface area contributed by atoms with Gasteiger partial charge in [-0.3, -0.25) is 9.59 Å². The molecule has 0 radical (unpaired) electrons. The van der Waals surface area contributed by atoms with Crippen LogP contribution in [0, 0.1) is 6.92 Å². The lowest BCUT2D eigenvalue weighted by molar-refractivity contribution is -0.116. The van der Waals surface area contributed by atoms with Gasteiger partial charge in [0.15, 0.2) is 5.78 Å². The highest BCUT2D eigenvalue weighted by Gasteiger charge is 2.11. The van der Waals surface area contributed by atoms with Gasteiger partial charge in [-0.1, -0.05) is 43.2 Å². The second kappa shape index (κ2) is 10.3. The first-order chi connectivity index (χ1) is 13.0. The van der Waals surface area contributed by atoms with Crippen LogP contribution in [0.1, 0.15) is 58.9 Å². The van der Waals surface area contributed by atoms with E-state index in [-0.39, 0.29) is 30.5 Å². The van der Waals surface area contributed by atoms with Crippen molar-refractivity contribution in [2.75, 3.05) is 11.9 Å². The molecule has 142 valence electrons. The Balaban J connectivity index is 1.80. The number of carbonyl (C=O) groups excluding carboxylic acids is 3. The van der Waals surface area contributed by atoms with Gasteiger partial charge in [0, 0.05) is 24.1 Å². The van der Waals surface area contributed by atoms with Gasteiger partial charge in [0.1, 0.15) is 0 Å². The highest BCUT2D eigenvalue weighted by atomic mass is 16.5. The van der Waals surface area contributed by atoms with Crippen molar-refractivity contribution in [2.45, 2.75) is 39.5 Å². The quantitative estimate of drug-likeness (QED) is 0.401. The molecule has 0 unspecified atom stereocenters. The molecule has 0 atom stereocenters. The van der Waals surface area contributed by atoms with E-state index in [1.807, 2.05) is 26.0 Å². The number of anilines is 1. The summed E-state index contributed by atoms with van der Waals surface area (Å²) < 4.78 is 5.14. The fraction of sp³-hybridized carbons (Fsp3) is 0.318. The molecule has 0 saturated heterocycles. The van der Waals surface area contributed by atoms with E-state index in [4.69, 9.17) is 4.74 Å². The molecule has 0 aliphatic carbocycles. The summed E-state index contributed by atoms with van der Waals surface area (Å²) in [6, 6.07) is 13.8. The minimum atomic E-state index is -0.370. The molecule has 0 aliphatic heterocycles. The lowest BCUT2D eigenvalue weighted by atomic mass is 10.0. The van der Waals surface area contributed by atoms with E-state index in [0.29, 0.717) is 23.4 Å². The van der Waals surface area contributed by atoms with E-state index >= 15 is 0 Å². The number of carbonyl (C=O) groups is 3. The van der Waals surface area contributed by atoms with Crippen molar-refractivity contribution < 1.29 is 19.1 Å². The summed E-state index contributed by atoms with van der Waals surface area (Å²) >= 11 is 0. The molecule has 2 aromatic carbocycles. The lowest BCUT2D eigenvalue weighted by Crippen LogP contribution is -2.14. The third-order valence-electron chi connectivity index (χ3n) is 4.09. The number of unbranched alkanes of at least 4 members (excludes halogenated alkanes) is 1. The monoisotopic (exact) mass is 367 g/mol. The summed E-state index contributed by atoms with van der Waals surface area (Å²) in [5, 5.41) is 2.73. The zero-order valence-corrected chi connectivity index (χ0v) is 15.8. The summed E-state index contributed by atoms with van der Waals surface area (Å²) in [4.78, 5) is 36.0. The van der Waals surface area contributed by atoms with Gasteiger partial charge in [0.2, 0.25) is 5.91 Å². The Morgan fingerprint density at radius 2 is 1.52 bits per heavy atom. The van der Waals surface area contributed by atoms with Gasteiger partial charge in [-0.15, -0.1) is 0 Å². The summed E-state index contributed by atoms with van der Waals surface area (Å²) in [6.45, 7) is 4.39. The summed E-state index contributed by atoms with van der Waals surface area (Å²) in [5.74, 6) is -0.672. The third kappa shape index (κ3) is 6.70. The van der Waals surface area contributed by atoms with Crippen LogP contribution < -0.4 is 5.32 Å². The first-order valence-electron chi connectivity index (χ1n) is 9.16.